The van der Waals surface area contributed by atoms with Crippen LogP contribution in [0.2, 0.25) is 5.02 Å². The van der Waals surface area contributed by atoms with Crippen molar-refractivity contribution in [3.05, 3.63) is 46.7 Å². The Morgan fingerprint density at radius 1 is 1.09 bits per heavy atom. The van der Waals surface area contributed by atoms with Crippen molar-refractivity contribution in [3.63, 3.8) is 0 Å². The van der Waals surface area contributed by atoms with Crippen LogP contribution in [0, 0.1) is 11.8 Å². The molecule has 1 saturated carbocycles. The number of nitrogens with two attached hydrogens (primary N) is 1. The summed E-state index contributed by atoms with van der Waals surface area (Å²) in [4.78, 5) is 33.2. The lowest BCUT2D eigenvalue weighted by Gasteiger charge is -2.32. The largest absolute Gasteiger partial charge is 0.391 e. The van der Waals surface area contributed by atoms with E-state index in [1.807, 2.05) is 11.0 Å². The van der Waals surface area contributed by atoms with Crippen molar-refractivity contribution < 1.29 is 31.5 Å². The maximum atomic E-state index is 14.9. The summed E-state index contributed by atoms with van der Waals surface area (Å²) in [7, 11) is 0. The molecule has 2 aliphatic heterocycles. The zero-order chi connectivity index (χ0) is 31.3. The number of alkyl halides is 5. The van der Waals surface area contributed by atoms with Crippen LogP contribution in [0.4, 0.5) is 27.8 Å². The standard InChI is InChI=1S/C29H31ClF5N7O2/c30-21-2-1-15(9-20(21)27(43)39-23-13-41(12-22(23)32)28(44)16-7-19(31)8-16)24-10-17(25-26(36)37-14-38-42(24)25)11-40-5-3-18(4-6-40)29(33,34)35/h1-2,9-10,14,16,18-19,22-23H,3-8,11-13H2,(H,39,43)(H2,36,37,38)/t16?,19?,22-,23+/m0/s1. The molecular weight excluding hydrogens is 609 g/mol. The maximum absolute atomic E-state index is 14.9. The number of carbonyl (C=O) groups excluding carboxylic acids is 2. The third-order valence-corrected chi connectivity index (χ3v) is 9.25. The van der Waals surface area contributed by atoms with E-state index in [-0.39, 0.29) is 74.2 Å². The number of halogens is 6. The van der Waals surface area contributed by atoms with Crippen LogP contribution in [-0.4, -0.2) is 87.0 Å². The molecule has 1 aromatic carbocycles. The van der Waals surface area contributed by atoms with E-state index in [0.29, 0.717) is 28.9 Å². The number of aromatic nitrogens is 3. The number of fused-ring (bicyclic) bond motifs is 1. The van der Waals surface area contributed by atoms with Crippen LogP contribution in [-0.2, 0) is 11.3 Å². The molecule has 2 aromatic heterocycles. The molecule has 9 nitrogen and oxygen atoms in total. The van der Waals surface area contributed by atoms with Crippen molar-refractivity contribution in [1.29, 1.82) is 0 Å². The molecule has 2 amide bonds. The molecule has 3 aromatic rings. The fraction of sp³-hybridized carbons (Fsp3) is 0.517. The van der Waals surface area contributed by atoms with E-state index in [1.54, 1.807) is 10.6 Å². The van der Waals surface area contributed by atoms with Gasteiger partial charge in [0.25, 0.3) is 5.91 Å². The zero-order valence-electron chi connectivity index (χ0n) is 23.5. The number of nitrogen functional groups attached to an aromatic ring is 1. The van der Waals surface area contributed by atoms with Gasteiger partial charge in [-0.15, -0.1) is 0 Å². The number of likely N-dealkylation sites (tertiary alicyclic amines) is 2. The maximum Gasteiger partial charge on any atom is 0.391 e. The molecular formula is C29H31ClF5N7O2. The van der Waals surface area contributed by atoms with Crippen molar-refractivity contribution in [2.75, 3.05) is 31.9 Å². The van der Waals surface area contributed by atoms with Crippen LogP contribution >= 0.6 is 11.6 Å². The first-order chi connectivity index (χ1) is 20.9. The minimum atomic E-state index is -4.21. The summed E-state index contributed by atoms with van der Waals surface area (Å²) >= 11 is 6.39. The molecule has 0 bridgehead atoms. The topological polar surface area (TPSA) is 109 Å². The average molecular weight is 640 g/mol. The normalized spacial score (nSPS) is 24.9. The van der Waals surface area contributed by atoms with Gasteiger partial charge in [-0.05, 0) is 62.5 Å². The smallest absolute Gasteiger partial charge is 0.382 e. The van der Waals surface area contributed by atoms with Crippen LogP contribution < -0.4 is 11.1 Å². The molecule has 2 saturated heterocycles. The van der Waals surface area contributed by atoms with Gasteiger partial charge in [-0.3, -0.25) is 14.5 Å². The summed E-state index contributed by atoms with van der Waals surface area (Å²) in [6.45, 7) is 0.658. The lowest BCUT2D eigenvalue weighted by molar-refractivity contribution is -0.185. The van der Waals surface area contributed by atoms with E-state index in [9.17, 15) is 31.5 Å². The van der Waals surface area contributed by atoms with E-state index in [2.05, 4.69) is 15.4 Å². The van der Waals surface area contributed by atoms with Crippen molar-refractivity contribution in [2.24, 2.45) is 11.8 Å². The highest BCUT2D eigenvalue weighted by atomic mass is 35.5. The van der Waals surface area contributed by atoms with Gasteiger partial charge in [0.2, 0.25) is 5.91 Å². The van der Waals surface area contributed by atoms with Gasteiger partial charge in [0.05, 0.1) is 34.8 Å². The Morgan fingerprint density at radius 3 is 2.50 bits per heavy atom. The second-order valence-electron chi connectivity index (χ2n) is 11.9. The first kappa shape index (κ1) is 30.5. The molecule has 0 spiro atoms. The fourth-order valence-electron chi connectivity index (χ4n) is 6.32. The summed E-state index contributed by atoms with van der Waals surface area (Å²) < 4.78 is 69.1. The van der Waals surface area contributed by atoms with Gasteiger partial charge in [-0.1, -0.05) is 17.7 Å². The number of hydrogen-bond donors (Lipinski definition) is 2. The Balaban J connectivity index is 1.21. The summed E-state index contributed by atoms with van der Waals surface area (Å²) in [5, 5.41) is 7.11. The van der Waals surface area contributed by atoms with E-state index >= 15 is 0 Å². The number of nitrogens with one attached hydrogen (secondary N) is 1. The number of amides is 2. The highest BCUT2D eigenvalue weighted by Gasteiger charge is 2.43. The minimum Gasteiger partial charge on any atom is -0.382 e. The van der Waals surface area contributed by atoms with E-state index < -0.39 is 42.3 Å². The number of benzene rings is 1. The van der Waals surface area contributed by atoms with Gasteiger partial charge >= 0.3 is 6.18 Å². The SMILES string of the molecule is Nc1ncnn2c(-c3ccc(Cl)c(C(=O)N[C@@H]4CN(C(=O)C5CC(F)C5)C[C@@H]4F)c3)cc(CN3CCC(C(F)(F)F)CC3)c12. The van der Waals surface area contributed by atoms with Crippen LogP contribution in [0.5, 0.6) is 0 Å². The van der Waals surface area contributed by atoms with Gasteiger partial charge < -0.3 is 16.0 Å². The molecule has 0 unspecified atom stereocenters. The third-order valence-electron chi connectivity index (χ3n) is 8.92. The molecule has 44 heavy (non-hydrogen) atoms. The molecule has 6 rings (SSSR count). The van der Waals surface area contributed by atoms with Crippen molar-refractivity contribution in [1.82, 2.24) is 29.7 Å². The molecule has 2 atom stereocenters. The molecule has 15 heteroatoms. The van der Waals surface area contributed by atoms with Gasteiger partial charge in [0.1, 0.15) is 24.2 Å². The Bertz CT molecular complexity index is 1570. The lowest BCUT2D eigenvalue weighted by Crippen LogP contribution is -2.44. The monoisotopic (exact) mass is 639 g/mol. The second kappa shape index (κ2) is 11.8. The number of rotatable bonds is 6. The second-order valence-corrected chi connectivity index (χ2v) is 12.3. The van der Waals surface area contributed by atoms with Crippen LogP contribution in [0.25, 0.3) is 16.8 Å². The number of carbonyl (C=O) groups is 2. The average Bonchev–Trinajstić information content (AvgIpc) is 3.52. The van der Waals surface area contributed by atoms with Crippen molar-refractivity contribution in [3.8, 4) is 11.3 Å². The summed E-state index contributed by atoms with van der Waals surface area (Å²) in [5.41, 5.74) is 8.59. The predicted octanol–water partition coefficient (Wildman–Crippen LogP) is 4.43. The minimum absolute atomic E-state index is 0.00903. The molecule has 4 heterocycles. The highest BCUT2D eigenvalue weighted by Crippen LogP contribution is 2.36. The van der Waals surface area contributed by atoms with Gasteiger partial charge in [0.15, 0.2) is 5.82 Å². The van der Waals surface area contributed by atoms with E-state index in [4.69, 9.17) is 17.3 Å². The van der Waals surface area contributed by atoms with Gasteiger partial charge in [-0.2, -0.15) is 18.3 Å². The Hall–Kier alpha value is -3.52. The molecule has 0 radical (unpaired) electrons. The Labute approximate surface area is 254 Å². The Morgan fingerprint density at radius 2 is 1.82 bits per heavy atom. The molecule has 3 aliphatic rings. The van der Waals surface area contributed by atoms with Crippen molar-refractivity contribution >= 4 is 34.7 Å². The summed E-state index contributed by atoms with van der Waals surface area (Å²) in [5.74, 6) is -2.52. The third kappa shape index (κ3) is 5.93. The number of piperidine rings is 1. The van der Waals surface area contributed by atoms with Gasteiger partial charge in [-0.25, -0.2) is 18.3 Å². The Kier molecular flexibility index (Phi) is 8.16. The van der Waals surface area contributed by atoms with E-state index in [1.165, 1.54) is 23.4 Å². The summed E-state index contributed by atoms with van der Waals surface area (Å²) in [6, 6.07) is 5.60. The summed E-state index contributed by atoms with van der Waals surface area (Å²) in [6.07, 6.45) is -5.16. The van der Waals surface area contributed by atoms with Crippen molar-refractivity contribution in [2.45, 2.75) is 56.8 Å². The molecule has 3 fully saturated rings. The van der Waals surface area contributed by atoms with E-state index in [0.717, 1.165) is 0 Å². The number of nitrogens with zero attached hydrogens (tertiary/aromatic N) is 5. The number of anilines is 1. The molecule has 1 aliphatic carbocycles. The fourth-order valence-corrected chi connectivity index (χ4v) is 6.53. The van der Waals surface area contributed by atoms with Crippen LogP contribution in [0.1, 0.15) is 41.6 Å². The first-order valence-electron chi connectivity index (χ1n) is 14.5. The quantitative estimate of drug-likeness (QED) is 0.387. The number of hydrogen-bond acceptors (Lipinski definition) is 6. The predicted molar refractivity (Wildman–Crippen MR) is 152 cm³/mol. The van der Waals surface area contributed by atoms with Gasteiger partial charge in [0, 0.05) is 24.6 Å². The first-order valence-corrected chi connectivity index (χ1v) is 14.8. The zero-order valence-corrected chi connectivity index (χ0v) is 24.3. The molecule has 3 N–H and O–H groups in total. The van der Waals surface area contributed by atoms with Crippen LogP contribution in [0.15, 0.2) is 30.6 Å². The van der Waals surface area contributed by atoms with Crippen LogP contribution in [0.3, 0.4) is 0 Å². The highest BCUT2D eigenvalue weighted by molar-refractivity contribution is 6.34. The lowest BCUT2D eigenvalue weighted by atomic mass is 9.82. The molecule has 236 valence electrons.